The summed E-state index contributed by atoms with van der Waals surface area (Å²) in [4.78, 5) is 13.0. The van der Waals surface area contributed by atoms with Crippen LogP contribution in [0.3, 0.4) is 0 Å². The number of aliphatic hydroxyl groups is 1. The van der Waals surface area contributed by atoms with E-state index in [4.69, 9.17) is 9.84 Å². The first-order valence-corrected chi connectivity index (χ1v) is 6.01. The van der Waals surface area contributed by atoms with E-state index < -0.39 is 30.8 Å². The number of aliphatic hydroxyl groups excluding tert-OH is 1. The van der Waals surface area contributed by atoms with Crippen LogP contribution in [0.5, 0.6) is 0 Å². The van der Waals surface area contributed by atoms with Gasteiger partial charge in [0.15, 0.2) is 6.10 Å². The fourth-order valence-electron chi connectivity index (χ4n) is 2.04. The SMILES string of the molecule is CCOC(=O)C1CCCCN1CC(O)C(F)(F)F. The Bertz CT molecular complexity index is 283. The van der Waals surface area contributed by atoms with Gasteiger partial charge in [0.2, 0.25) is 0 Å². The summed E-state index contributed by atoms with van der Waals surface area (Å²) in [7, 11) is 0. The van der Waals surface area contributed by atoms with Crippen LogP contribution in [0.25, 0.3) is 0 Å². The molecule has 1 saturated heterocycles. The van der Waals surface area contributed by atoms with Crippen LogP contribution in [-0.2, 0) is 9.53 Å². The van der Waals surface area contributed by atoms with Crippen molar-refractivity contribution in [3.05, 3.63) is 0 Å². The fraction of sp³-hybridized carbons (Fsp3) is 0.909. The molecule has 0 aromatic rings. The summed E-state index contributed by atoms with van der Waals surface area (Å²) in [5.74, 6) is -0.508. The maximum Gasteiger partial charge on any atom is 0.415 e. The van der Waals surface area contributed by atoms with Crippen molar-refractivity contribution in [2.45, 2.75) is 44.5 Å². The average molecular weight is 269 g/mol. The lowest BCUT2D eigenvalue weighted by atomic mass is 10.0. The molecule has 18 heavy (non-hydrogen) atoms. The third kappa shape index (κ3) is 4.13. The van der Waals surface area contributed by atoms with Gasteiger partial charge < -0.3 is 9.84 Å². The zero-order valence-corrected chi connectivity index (χ0v) is 10.2. The third-order valence-corrected chi connectivity index (χ3v) is 2.96. The normalized spacial score (nSPS) is 23.7. The van der Waals surface area contributed by atoms with Crippen LogP contribution in [0, 0.1) is 0 Å². The molecule has 0 aromatic carbocycles. The molecule has 0 aliphatic carbocycles. The van der Waals surface area contributed by atoms with Gasteiger partial charge in [0.25, 0.3) is 0 Å². The Balaban J connectivity index is 2.62. The first kappa shape index (κ1) is 15.2. The van der Waals surface area contributed by atoms with E-state index >= 15 is 0 Å². The number of alkyl halides is 3. The number of carbonyl (C=O) groups excluding carboxylic acids is 1. The quantitative estimate of drug-likeness (QED) is 0.782. The van der Waals surface area contributed by atoms with Gasteiger partial charge >= 0.3 is 12.1 Å². The first-order valence-electron chi connectivity index (χ1n) is 6.01. The van der Waals surface area contributed by atoms with Crippen LogP contribution in [-0.4, -0.2) is 54.0 Å². The molecule has 4 nitrogen and oxygen atoms in total. The highest BCUT2D eigenvalue weighted by molar-refractivity contribution is 5.75. The maximum atomic E-state index is 12.3. The number of hydrogen-bond donors (Lipinski definition) is 1. The number of nitrogens with zero attached hydrogens (tertiary/aromatic N) is 1. The third-order valence-electron chi connectivity index (χ3n) is 2.96. The van der Waals surface area contributed by atoms with Crippen molar-refractivity contribution in [1.29, 1.82) is 0 Å². The molecule has 1 N–H and O–H groups in total. The number of ether oxygens (including phenoxy) is 1. The van der Waals surface area contributed by atoms with Crippen molar-refractivity contribution in [3.8, 4) is 0 Å². The van der Waals surface area contributed by atoms with Crippen LogP contribution < -0.4 is 0 Å². The van der Waals surface area contributed by atoms with Crippen LogP contribution in [0.2, 0.25) is 0 Å². The van der Waals surface area contributed by atoms with E-state index in [2.05, 4.69) is 0 Å². The van der Waals surface area contributed by atoms with Crippen LogP contribution in [0.4, 0.5) is 13.2 Å². The summed E-state index contributed by atoms with van der Waals surface area (Å²) < 4.78 is 41.7. The van der Waals surface area contributed by atoms with Crippen LogP contribution in [0.1, 0.15) is 26.2 Å². The zero-order valence-electron chi connectivity index (χ0n) is 10.2. The van der Waals surface area contributed by atoms with Crippen molar-refractivity contribution < 1.29 is 27.8 Å². The molecular formula is C11H18F3NO3. The van der Waals surface area contributed by atoms with E-state index in [1.165, 1.54) is 4.90 Å². The Morgan fingerprint density at radius 3 is 2.72 bits per heavy atom. The Kier molecular flexibility index (Phi) is 5.40. The number of halogens is 3. The highest BCUT2D eigenvalue weighted by Crippen LogP contribution is 2.24. The van der Waals surface area contributed by atoms with Gasteiger partial charge in [-0.1, -0.05) is 6.42 Å². The van der Waals surface area contributed by atoms with E-state index in [-0.39, 0.29) is 6.61 Å². The van der Waals surface area contributed by atoms with Gasteiger partial charge in [-0.15, -0.1) is 0 Å². The molecule has 106 valence electrons. The fourth-order valence-corrected chi connectivity index (χ4v) is 2.04. The smallest absolute Gasteiger partial charge is 0.415 e. The maximum absolute atomic E-state index is 12.3. The molecule has 0 amide bonds. The summed E-state index contributed by atoms with van der Waals surface area (Å²) in [6.45, 7) is 1.64. The van der Waals surface area contributed by atoms with Gasteiger partial charge in [-0.05, 0) is 26.3 Å². The largest absolute Gasteiger partial charge is 0.465 e. The molecule has 0 spiro atoms. The number of β-amino-alcohol motifs (C(OH)–C–C–N with tert-alkyl or cyclic N) is 1. The molecule has 2 unspecified atom stereocenters. The average Bonchev–Trinajstić information content (AvgIpc) is 2.28. The van der Waals surface area contributed by atoms with Gasteiger partial charge in [0.05, 0.1) is 6.61 Å². The Morgan fingerprint density at radius 2 is 2.17 bits per heavy atom. The Hall–Kier alpha value is -0.820. The molecule has 0 aromatic heterocycles. The summed E-state index contributed by atoms with van der Waals surface area (Å²) in [6, 6.07) is -0.671. The molecule has 1 fully saturated rings. The van der Waals surface area contributed by atoms with E-state index in [0.29, 0.717) is 13.0 Å². The van der Waals surface area contributed by atoms with Crippen LogP contribution >= 0.6 is 0 Å². The van der Waals surface area contributed by atoms with Crippen molar-refractivity contribution in [3.63, 3.8) is 0 Å². The van der Waals surface area contributed by atoms with E-state index in [1.54, 1.807) is 6.92 Å². The number of rotatable bonds is 4. The van der Waals surface area contributed by atoms with Crippen molar-refractivity contribution in [2.24, 2.45) is 0 Å². The second-order valence-electron chi connectivity index (χ2n) is 4.32. The zero-order chi connectivity index (χ0) is 13.8. The minimum absolute atomic E-state index is 0.199. The van der Waals surface area contributed by atoms with Crippen molar-refractivity contribution in [2.75, 3.05) is 19.7 Å². The predicted molar refractivity (Wildman–Crippen MR) is 57.9 cm³/mol. The second kappa shape index (κ2) is 6.38. The molecule has 0 radical (unpaired) electrons. The van der Waals surface area contributed by atoms with Crippen molar-refractivity contribution >= 4 is 5.97 Å². The van der Waals surface area contributed by atoms with E-state index in [1.807, 2.05) is 0 Å². The lowest BCUT2D eigenvalue weighted by Crippen LogP contribution is -2.51. The molecule has 1 rings (SSSR count). The molecule has 2 atom stereocenters. The summed E-state index contributed by atoms with van der Waals surface area (Å²) in [6.07, 6.45) is -5.10. The van der Waals surface area contributed by atoms with Gasteiger partial charge in [-0.25, -0.2) is 0 Å². The Labute approximate surface area is 104 Å². The molecule has 7 heteroatoms. The predicted octanol–water partition coefficient (Wildman–Crippen LogP) is 1.33. The summed E-state index contributed by atoms with van der Waals surface area (Å²) >= 11 is 0. The summed E-state index contributed by atoms with van der Waals surface area (Å²) in [5.41, 5.74) is 0. The molecule has 0 saturated carbocycles. The van der Waals surface area contributed by atoms with Crippen molar-refractivity contribution in [1.82, 2.24) is 4.90 Å². The highest BCUT2D eigenvalue weighted by Gasteiger charge is 2.41. The first-order chi connectivity index (χ1) is 8.36. The standard InChI is InChI=1S/C11H18F3NO3/c1-2-18-10(17)8-5-3-4-6-15(8)7-9(16)11(12,13)14/h8-9,16H,2-7H2,1H3. The van der Waals surface area contributed by atoms with Gasteiger partial charge in [-0.3, -0.25) is 9.69 Å². The molecule has 1 heterocycles. The minimum atomic E-state index is -4.66. The number of hydrogen-bond acceptors (Lipinski definition) is 4. The second-order valence-corrected chi connectivity index (χ2v) is 4.32. The molecule has 1 aliphatic rings. The molecular weight excluding hydrogens is 251 g/mol. The monoisotopic (exact) mass is 269 g/mol. The van der Waals surface area contributed by atoms with Gasteiger partial charge in [0.1, 0.15) is 6.04 Å². The van der Waals surface area contributed by atoms with Gasteiger partial charge in [-0.2, -0.15) is 13.2 Å². The number of carbonyl (C=O) groups is 1. The summed E-state index contributed by atoms with van der Waals surface area (Å²) in [5, 5.41) is 9.05. The van der Waals surface area contributed by atoms with E-state index in [9.17, 15) is 18.0 Å². The minimum Gasteiger partial charge on any atom is -0.465 e. The van der Waals surface area contributed by atoms with Gasteiger partial charge in [0, 0.05) is 6.54 Å². The Morgan fingerprint density at radius 1 is 1.50 bits per heavy atom. The lowest BCUT2D eigenvalue weighted by Gasteiger charge is -2.35. The van der Waals surface area contributed by atoms with Crippen LogP contribution in [0.15, 0.2) is 0 Å². The van der Waals surface area contributed by atoms with E-state index in [0.717, 1.165) is 12.8 Å². The highest BCUT2D eigenvalue weighted by atomic mass is 19.4. The molecule has 1 aliphatic heterocycles. The number of piperidine rings is 1. The topological polar surface area (TPSA) is 49.8 Å². The number of esters is 1. The lowest BCUT2D eigenvalue weighted by molar-refractivity contribution is -0.211. The number of likely N-dealkylation sites (tertiary alicyclic amines) is 1. The molecule has 0 bridgehead atoms.